The van der Waals surface area contributed by atoms with Gasteiger partial charge in [-0.2, -0.15) is 13.2 Å². The molecule has 0 radical (unpaired) electrons. The Kier molecular flexibility index (Phi) is 5.37. The van der Waals surface area contributed by atoms with Gasteiger partial charge in [-0.1, -0.05) is 6.07 Å². The molecule has 1 aromatic rings. The number of hydrogen-bond donors (Lipinski definition) is 1. The summed E-state index contributed by atoms with van der Waals surface area (Å²) in [5.74, 6) is 0. The average Bonchev–Trinajstić information content (AvgIpc) is 2.28. The van der Waals surface area contributed by atoms with Crippen molar-refractivity contribution in [2.24, 2.45) is 0 Å². The van der Waals surface area contributed by atoms with E-state index in [2.05, 4.69) is 15.0 Å². The lowest BCUT2D eigenvalue weighted by molar-refractivity contribution is -0.173. The zero-order valence-electron chi connectivity index (χ0n) is 9.50. The lowest BCUT2D eigenvalue weighted by Gasteiger charge is -2.13. The summed E-state index contributed by atoms with van der Waals surface area (Å²) in [6, 6.07) is 5.52. The van der Waals surface area contributed by atoms with Gasteiger partial charge in [-0.25, -0.2) is 0 Å². The van der Waals surface area contributed by atoms with Crippen LogP contribution in [0.5, 0.6) is 0 Å². The minimum atomic E-state index is -4.26. The van der Waals surface area contributed by atoms with Crippen LogP contribution >= 0.6 is 0 Å². The number of ether oxygens (including phenoxy) is 1. The summed E-state index contributed by atoms with van der Waals surface area (Å²) in [5.41, 5.74) is 0.850. The second-order valence-electron chi connectivity index (χ2n) is 3.60. The molecule has 0 unspecified atom stereocenters. The Bertz CT molecular complexity index is 316. The van der Waals surface area contributed by atoms with Crippen molar-refractivity contribution >= 4 is 0 Å². The third-order valence-corrected chi connectivity index (χ3v) is 2.09. The highest BCUT2D eigenvalue weighted by molar-refractivity contribution is 5.07. The SMILES string of the molecule is C[C@@H](NCCOCC(F)(F)F)c1ccccn1. The van der Waals surface area contributed by atoms with Gasteiger partial charge in [-0.3, -0.25) is 4.98 Å². The fraction of sp³-hybridized carbons (Fsp3) is 0.545. The maximum atomic E-state index is 11.8. The fourth-order valence-corrected chi connectivity index (χ4v) is 1.27. The van der Waals surface area contributed by atoms with Gasteiger partial charge in [0, 0.05) is 18.8 Å². The van der Waals surface area contributed by atoms with Gasteiger partial charge < -0.3 is 10.1 Å². The Labute approximate surface area is 98.0 Å². The zero-order valence-corrected chi connectivity index (χ0v) is 9.50. The summed E-state index contributed by atoms with van der Waals surface area (Å²) in [7, 11) is 0. The topological polar surface area (TPSA) is 34.1 Å². The zero-order chi connectivity index (χ0) is 12.7. The highest BCUT2D eigenvalue weighted by atomic mass is 19.4. The highest BCUT2D eigenvalue weighted by Crippen LogP contribution is 2.14. The minimum absolute atomic E-state index is 0.00862. The van der Waals surface area contributed by atoms with Gasteiger partial charge in [0.2, 0.25) is 0 Å². The van der Waals surface area contributed by atoms with E-state index in [1.807, 2.05) is 25.1 Å². The quantitative estimate of drug-likeness (QED) is 0.784. The number of alkyl halides is 3. The van der Waals surface area contributed by atoms with Gasteiger partial charge in [0.05, 0.1) is 12.3 Å². The smallest absolute Gasteiger partial charge is 0.371 e. The van der Waals surface area contributed by atoms with Crippen LogP contribution in [0.3, 0.4) is 0 Å². The number of rotatable bonds is 6. The van der Waals surface area contributed by atoms with Crippen molar-refractivity contribution in [3.8, 4) is 0 Å². The summed E-state index contributed by atoms with van der Waals surface area (Å²) < 4.78 is 39.7. The van der Waals surface area contributed by atoms with Crippen LogP contribution in [-0.2, 0) is 4.74 Å². The third kappa shape index (κ3) is 6.23. The molecule has 3 nitrogen and oxygen atoms in total. The summed E-state index contributed by atoms with van der Waals surface area (Å²) in [4.78, 5) is 4.13. The normalized spacial score (nSPS) is 13.6. The Morgan fingerprint density at radius 1 is 1.41 bits per heavy atom. The van der Waals surface area contributed by atoms with Gasteiger partial charge >= 0.3 is 6.18 Å². The number of aromatic nitrogens is 1. The Morgan fingerprint density at radius 3 is 2.76 bits per heavy atom. The first-order valence-electron chi connectivity index (χ1n) is 5.28. The van der Waals surface area contributed by atoms with Gasteiger partial charge in [-0.05, 0) is 19.1 Å². The maximum absolute atomic E-state index is 11.8. The van der Waals surface area contributed by atoms with E-state index in [0.29, 0.717) is 6.54 Å². The molecule has 1 rings (SSSR count). The van der Waals surface area contributed by atoms with Crippen LogP contribution in [-0.4, -0.2) is 30.9 Å². The first kappa shape index (κ1) is 13.9. The first-order chi connectivity index (χ1) is 7.99. The van der Waals surface area contributed by atoms with E-state index in [1.54, 1.807) is 6.20 Å². The molecule has 0 bridgehead atoms. The Morgan fingerprint density at radius 2 is 2.18 bits per heavy atom. The van der Waals surface area contributed by atoms with E-state index in [-0.39, 0.29) is 12.6 Å². The number of nitrogens with one attached hydrogen (secondary N) is 1. The molecule has 1 heterocycles. The molecule has 0 aromatic carbocycles. The number of pyridine rings is 1. The van der Waals surface area contributed by atoms with Crippen LogP contribution in [0.1, 0.15) is 18.7 Å². The van der Waals surface area contributed by atoms with E-state index in [1.165, 1.54) is 0 Å². The molecule has 0 amide bonds. The van der Waals surface area contributed by atoms with E-state index in [0.717, 1.165) is 5.69 Å². The van der Waals surface area contributed by atoms with Gasteiger partial charge in [-0.15, -0.1) is 0 Å². The molecule has 0 spiro atoms. The number of hydrogen-bond acceptors (Lipinski definition) is 3. The Hall–Kier alpha value is -1.14. The van der Waals surface area contributed by atoms with E-state index in [9.17, 15) is 13.2 Å². The maximum Gasteiger partial charge on any atom is 0.411 e. The van der Waals surface area contributed by atoms with Gasteiger partial charge in [0.15, 0.2) is 0 Å². The molecule has 17 heavy (non-hydrogen) atoms. The van der Waals surface area contributed by atoms with Crippen LogP contribution in [0.4, 0.5) is 13.2 Å². The largest absolute Gasteiger partial charge is 0.411 e. The van der Waals surface area contributed by atoms with Crippen LogP contribution in [0.2, 0.25) is 0 Å². The lowest BCUT2D eigenvalue weighted by atomic mass is 10.2. The van der Waals surface area contributed by atoms with Crippen LogP contribution in [0, 0.1) is 0 Å². The molecule has 0 aliphatic heterocycles. The predicted octanol–water partition coefficient (Wildman–Crippen LogP) is 2.31. The summed E-state index contributed by atoms with van der Waals surface area (Å²) in [5, 5.41) is 3.03. The molecular weight excluding hydrogens is 233 g/mol. The molecule has 0 saturated heterocycles. The summed E-state index contributed by atoms with van der Waals surface area (Å²) in [6.07, 6.45) is -2.58. The molecule has 96 valence electrons. The lowest BCUT2D eigenvalue weighted by Crippen LogP contribution is -2.26. The van der Waals surface area contributed by atoms with Crippen molar-refractivity contribution in [1.29, 1.82) is 0 Å². The molecule has 0 saturated carbocycles. The van der Waals surface area contributed by atoms with Crippen molar-refractivity contribution in [2.45, 2.75) is 19.1 Å². The molecule has 1 N–H and O–H groups in total. The van der Waals surface area contributed by atoms with Crippen LogP contribution in [0.15, 0.2) is 24.4 Å². The molecule has 0 aliphatic carbocycles. The second-order valence-corrected chi connectivity index (χ2v) is 3.60. The molecule has 1 aromatic heterocycles. The highest BCUT2D eigenvalue weighted by Gasteiger charge is 2.27. The standard InChI is InChI=1S/C11H15F3N2O/c1-9(10-4-2-3-5-16-10)15-6-7-17-8-11(12,13)14/h2-5,9,15H,6-8H2,1H3/t9-/m1/s1. The second kappa shape index (κ2) is 6.56. The molecule has 0 fully saturated rings. The van der Waals surface area contributed by atoms with Crippen molar-refractivity contribution in [1.82, 2.24) is 10.3 Å². The Balaban J connectivity index is 2.15. The molecule has 0 aliphatic rings. The summed E-state index contributed by atoms with van der Waals surface area (Å²) in [6.45, 7) is 1.07. The summed E-state index contributed by atoms with van der Waals surface area (Å²) >= 11 is 0. The first-order valence-corrected chi connectivity index (χ1v) is 5.28. The molecule has 1 atom stereocenters. The van der Waals surface area contributed by atoms with Crippen molar-refractivity contribution in [3.63, 3.8) is 0 Å². The monoisotopic (exact) mass is 248 g/mol. The fourth-order valence-electron chi connectivity index (χ4n) is 1.27. The number of halogens is 3. The van der Waals surface area contributed by atoms with E-state index in [4.69, 9.17) is 0 Å². The van der Waals surface area contributed by atoms with Gasteiger partial charge in [0.1, 0.15) is 6.61 Å². The van der Waals surface area contributed by atoms with Crippen LogP contribution in [0.25, 0.3) is 0 Å². The van der Waals surface area contributed by atoms with Crippen molar-refractivity contribution in [3.05, 3.63) is 30.1 Å². The minimum Gasteiger partial charge on any atom is -0.371 e. The predicted molar refractivity (Wildman–Crippen MR) is 57.5 cm³/mol. The van der Waals surface area contributed by atoms with Crippen molar-refractivity contribution < 1.29 is 17.9 Å². The third-order valence-electron chi connectivity index (χ3n) is 2.09. The van der Waals surface area contributed by atoms with E-state index >= 15 is 0 Å². The van der Waals surface area contributed by atoms with E-state index < -0.39 is 12.8 Å². The molecule has 6 heteroatoms. The van der Waals surface area contributed by atoms with Crippen molar-refractivity contribution in [2.75, 3.05) is 19.8 Å². The number of nitrogens with zero attached hydrogens (tertiary/aromatic N) is 1. The average molecular weight is 248 g/mol. The van der Waals surface area contributed by atoms with Gasteiger partial charge in [0.25, 0.3) is 0 Å². The molecular formula is C11H15F3N2O. The van der Waals surface area contributed by atoms with Crippen LogP contribution < -0.4 is 5.32 Å².